The van der Waals surface area contributed by atoms with E-state index in [0.29, 0.717) is 18.0 Å². The molecule has 5 nitrogen and oxygen atoms in total. The van der Waals surface area contributed by atoms with Crippen LogP contribution in [-0.4, -0.2) is 18.5 Å². The van der Waals surface area contributed by atoms with Gasteiger partial charge in [0.2, 0.25) is 0 Å². The molecule has 126 valence electrons. The number of hydrogen-bond donors (Lipinski definition) is 1. The van der Waals surface area contributed by atoms with Gasteiger partial charge in [-0.2, -0.15) is 0 Å². The molecule has 0 bridgehead atoms. The van der Waals surface area contributed by atoms with Crippen LogP contribution in [0.3, 0.4) is 0 Å². The van der Waals surface area contributed by atoms with Crippen LogP contribution < -0.4 is 10.1 Å². The third-order valence-electron chi connectivity index (χ3n) is 3.20. The lowest BCUT2D eigenvalue weighted by atomic mass is 10.2. The van der Waals surface area contributed by atoms with Gasteiger partial charge in [0, 0.05) is 5.69 Å². The Balaban J connectivity index is 1.79. The Bertz CT molecular complexity index is 666. The summed E-state index contributed by atoms with van der Waals surface area (Å²) in [6.07, 6.45) is 0. The molecule has 0 heterocycles. The van der Waals surface area contributed by atoms with Gasteiger partial charge in [0.05, 0.1) is 5.92 Å². The second kappa shape index (κ2) is 8.72. The molecule has 0 unspecified atom stereocenters. The Kier molecular flexibility index (Phi) is 6.37. The van der Waals surface area contributed by atoms with Crippen molar-refractivity contribution in [1.29, 1.82) is 0 Å². The maximum absolute atomic E-state index is 11.7. The van der Waals surface area contributed by atoms with Crippen LogP contribution in [0.5, 0.6) is 5.75 Å². The predicted molar refractivity (Wildman–Crippen MR) is 91.6 cm³/mol. The van der Waals surface area contributed by atoms with Crippen LogP contribution in [0.1, 0.15) is 19.4 Å². The van der Waals surface area contributed by atoms with Gasteiger partial charge in [0.25, 0.3) is 5.91 Å². The summed E-state index contributed by atoms with van der Waals surface area (Å²) in [6.45, 7) is 3.63. The highest BCUT2D eigenvalue weighted by Gasteiger charge is 2.11. The Labute approximate surface area is 141 Å². The summed E-state index contributed by atoms with van der Waals surface area (Å²) in [6, 6.07) is 16.9. The number of carbonyl (C=O) groups is 2. The van der Waals surface area contributed by atoms with E-state index in [2.05, 4.69) is 5.32 Å². The summed E-state index contributed by atoms with van der Waals surface area (Å²) in [7, 11) is 0. The predicted octanol–water partition coefficient (Wildman–Crippen LogP) is 3.40. The van der Waals surface area contributed by atoms with Gasteiger partial charge >= 0.3 is 5.97 Å². The third kappa shape index (κ3) is 5.76. The number of esters is 1. The van der Waals surface area contributed by atoms with Gasteiger partial charge in [-0.25, -0.2) is 0 Å². The highest BCUT2D eigenvalue weighted by Crippen LogP contribution is 2.17. The Hall–Kier alpha value is -2.82. The molecule has 0 saturated heterocycles. The van der Waals surface area contributed by atoms with Crippen LogP contribution in [0.15, 0.2) is 54.6 Å². The van der Waals surface area contributed by atoms with E-state index in [0.717, 1.165) is 5.56 Å². The number of benzene rings is 2. The summed E-state index contributed by atoms with van der Waals surface area (Å²) in [5.74, 6) is -0.307. The molecule has 0 radical (unpaired) electrons. The van der Waals surface area contributed by atoms with Gasteiger partial charge < -0.3 is 14.8 Å². The van der Waals surface area contributed by atoms with Crippen LogP contribution in [-0.2, 0) is 20.9 Å². The number of ether oxygens (including phenoxy) is 2. The quantitative estimate of drug-likeness (QED) is 0.792. The zero-order valence-corrected chi connectivity index (χ0v) is 13.8. The Morgan fingerprint density at radius 2 is 1.67 bits per heavy atom. The number of hydrogen-bond acceptors (Lipinski definition) is 4. The number of amides is 1. The molecule has 0 aliphatic carbocycles. The summed E-state index contributed by atoms with van der Waals surface area (Å²) in [5, 5.41) is 2.67. The molecule has 1 amide bonds. The standard InChI is InChI=1S/C19H21NO4/c1-14(2)19(22)24-13-18(21)20-16-8-10-17(11-9-16)23-12-15-6-4-3-5-7-15/h3-11,14H,12-13H2,1-2H3,(H,20,21). The van der Waals surface area contributed by atoms with E-state index in [-0.39, 0.29) is 18.4 Å². The fraction of sp³-hybridized carbons (Fsp3) is 0.263. The monoisotopic (exact) mass is 327 g/mol. The van der Waals surface area contributed by atoms with E-state index < -0.39 is 5.97 Å². The van der Waals surface area contributed by atoms with E-state index in [4.69, 9.17) is 9.47 Å². The smallest absolute Gasteiger partial charge is 0.308 e. The minimum Gasteiger partial charge on any atom is -0.489 e. The van der Waals surface area contributed by atoms with Crippen LogP contribution in [0.25, 0.3) is 0 Å². The molecule has 0 spiro atoms. The van der Waals surface area contributed by atoms with E-state index in [9.17, 15) is 9.59 Å². The van der Waals surface area contributed by atoms with Crippen molar-refractivity contribution in [1.82, 2.24) is 0 Å². The summed E-state index contributed by atoms with van der Waals surface area (Å²) in [4.78, 5) is 23.0. The average molecular weight is 327 g/mol. The molecule has 2 aromatic carbocycles. The molecule has 0 saturated carbocycles. The molecule has 1 N–H and O–H groups in total. The Morgan fingerprint density at radius 3 is 2.29 bits per heavy atom. The highest BCUT2D eigenvalue weighted by atomic mass is 16.5. The van der Waals surface area contributed by atoms with Crippen LogP contribution in [0.2, 0.25) is 0 Å². The number of rotatable bonds is 7. The van der Waals surface area contributed by atoms with Gasteiger partial charge in [0.1, 0.15) is 12.4 Å². The fourth-order valence-corrected chi connectivity index (χ4v) is 1.88. The van der Waals surface area contributed by atoms with Crippen molar-refractivity contribution in [2.24, 2.45) is 5.92 Å². The third-order valence-corrected chi connectivity index (χ3v) is 3.20. The van der Waals surface area contributed by atoms with Crippen LogP contribution >= 0.6 is 0 Å². The highest BCUT2D eigenvalue weighted by molar-refractivity contribution is 5.92. The Morgan fingerprint density at radius 1 is 1.00 bits per heavy atom. The molecule has 0 atom stereocenters. The minimum atomic E-state index is -0.394. The zero-order chi connectivity index (χ0) is 17.4. The molecular formula is C19H21NO4. The topological polar surface area (TPSA) is 64.6 Å². The van der Waals surface area contributed by atoms with Gasteiger partial charge in [-0.15, -0.1) is 0 Å². The van der Waals surface area contributed by atoms with Gasteiger partial charge in [0.15, 0.2) is 6.61 Å². The minimum absolute atomic E-state index is 0.251. The van der Waals surface area contributed by atoms with Crippen molar-refractivity contribution in [2.45, 2.75) is 20.5 Å². The molecule has 2 rings (SSSR count). The second-order valence-electron chi connectivity index (χ2n) is 5.61. The van der Waals surface area contributed by atoms with Crippen molar-refractivity contribution >= 4 is 17.6 Å². The lowest BCUT2D eigenvalue weighted by Gasteiger charge is -2.09. The lowest BCUT2D eigenvalue weighted by Crippen LogP contribution is -2.22. The SMILES string of the molecule is CC(C)C(=O)OCC(=O)Nc1ccc(OCc2ccccc2)cc1. The molecule has 0 aliphatic rings. The average Bonchev–Trinajstić information content (AvgIpc) is 2.60. The first kappa shape index (κ1) is 17.5. The first-order valence-electron chi connectivity index (χ1n) is 7.78. The van der Waals surface area contributed by atoms with Crippen LogP contribution in [0, 0.1) is 5.92 Å². The lowest BCUT2D eigenvalue weighted by molar-refractivity contribution is -0.150. The molecule has 2 aromatic rings. The van der Waals surface area contributed by atoms with Crippen molar-refractivity contribution in [2.75, 3.05) is 11.9 Å². The molecule has 24 heavy (non-hydrogen) atoms. The number of carbonyl (C=O) groups excluding carboxylic acids is 2. The molecule has 5 heteroatoms. The summed E-state index contributed by atoms with van der Waals surface area (Å²) in [5.41, 5.74) is 1.70. The zero-order valence-electron chi connectivity index (χ0n) is 13.8. The maximum atomic E-state index is 11.7. The van der Waals surface area contributed by atoms with Crippen molar-refractivity contribution in [3.63, 3.8) is 0 Å². The van der Waals surface area contributed by atoms with Gasteiger partial charge in [-0.05, 0) is 29.8 Å². The summed E-state index contributed by atoms with van der Waals surface area (Å²) >= 11 is 0. The molecule has 0 fully saturated rings. The van der Waals surface area contributed by atoms with E-state index in [1.54, 1.807) is 38.1 Å². The summed E-state index contributed by atoms with van der Waals surface area (Å²) < 4.78 is 10.5. The fourth-order valence-electron chi connectivity index (χ4n) is 1.88. The molecule has 0 aromatic heterocycles. The van der Waals surface area contributed by atoms with Gasteiger partial charge in [-0.1, -0.05) is 44.2 Å². The normalized spacial score (nSPS) is 10.3. The molecular weight excluding hydrogens is 306 g/mol. The second-order valence-corrected chi connectivity index (χ2v) is 5.61. The van der Waals surface area contributed by atoms with Crippen molar-refractivity contribution < 1.29 is 19.1 Å². The van der Waals surface area contributed by atoms with Crippen molar-refractivity contribution in [3.05, 3.63) is 60.2 Å². The first-order valence-corrected chi connectivity index (χ1v) is 7.78. The van der Waals surface area contributed by atoms with Crippen LogP contribution in [0.4, 0.5) is 5.69 Å². The molecule has 0 aliphatic heterocycles. The first-order chi connectivity index (χ1) is 11.5. The van der Waals surface area contributed by atoms with E-state index >= 15 is 0 Å². The van der Waals surface area contributed by atoms with Crippen molar-refractivity contribution in [3.8, 4) is 5.75 Å². The largest absolute Gasteiger partial charge is 0.489 e. The van der Waals surface area contributed by atoms with Gasteiger partial charge in [-0.3, -0.25) is 9.59 Å². The number of anilines is 1. The van der Waals surface area contributed by atoms with E-state index in [1.165, 1.54) is 0 Å². The van der Waals surface area contributed by atoms with E-state index in [1.807, 2.05) is 30.3 Å². The maximum Gasteiger partial charge on any atom is 0.308 e. The number of nitrogens with one attached hydrogen (secondary N) is 1.